The van der Waals surface area contributed by atoms with E-state index in [2.05, 4.69) is 37.9 Å². The summed E-state index contributed by atoms with van der Waals surface area (Å²) >= 11 is 0. The van der Waals surface area contributed by atoms with Gasteiger partial charge in [0.2, 0.25) is 0 Å². The van der Waals surface area contributed by atoms with Gasteiger partial charge in [-0.2, -0.15) is 0 Å². The Bertz CT molecular complexity index is 516. The fraction of sp³-hybridized carbons (Fsp3) is 0.684. The van der Waals surface area contributed by atoms with E-state index in [-0.39, 0.29) is 11.4 Å². The summed E-state index contributed by atoms with van der Waals surface area (Å²) in [6, 6.07) is 4.19. The van der Waals surface area contributed by atoms with Crippen LogP contribution < -0.4 is 5.32 Å². The second-order valence-electron chi connectivity index (χ2n) is 7.75. The lowest BCUT2D eigenvalue weighted by molar-refractivity contribution is 0.216. The molecule has 1 aromatic rings. The van der Waals surface area contributed by atoms with Gasteiger partial charge in [-0.3, -0.25) is 0 Å². The highest BCUT2D eigenvalue weighted by molar-refractivity contribution is 5.18. The Morgan fingerprint density at radius 2 is 2.09 bits per heavy atom. The van der Waals surface area contributed by atoms with Crippen LogP contribution in [0.3, 0.4) is 0 Å². The Kier molecular flexibility index (Phi) is 6.15. The predicted octanol–water partition coefficient (Wildman–Crippen LogP) is 4.34. The quantitative estimate of drug-likeness (QED) is 0.802. The van der Waals surface area contributed by atoms with E-state index in [9.17, 15) is 8.78 Å². The third kappa shape index (κ3) is 5.54. The molecule has 1 fully saturated rings. The van der Waals surface area contributed by atoms with E-state index in [1.165, 1.54) is 31.6 Å². The average molecular weight is 324 g/mol. The summed E-state index contributed by atoms with van der Waals surface area (Å²) in [5, 5.41) is 3.37. The Morgan fingerprint density at radius 3 is 2.74 bits per heavy atom. The molecule has 0 spiro atoms. The van der Waals surface area contributed by atoms with Gasteiger partial charge in [0.1, 0.15) is 11.6 Å². The summed E-state index contributed by atoms with van der Waals surface area (Å²) in [5.41, 5.74) is 0.290. The van der Waals surface area contributed by atoms with Crippen LogP contribution in [0.15, 0.2) is 18.2 Å². The van der Waals surface area contributed by atoms with E-state index in [0.717, 1.165) is 24.8 Å². The Hall–Kier alpha value is -1.00. The molecule has 0 bridgehead atoms. The van der Waals surface area contributed by atoms with Gasteiger partial charge in [0.25, 0.3) is 0 Å². The minimum Gasteiger partial charge on any atom is -0.308 e. The van der Waals surface area contributed by atoms with Gasteiger partial charge in [0.05, 0.1) is 0 Å². The van der Waals surface area contributed by atoms with Gasteiger partial charge < -0.3 is 10.2 Å². The zero-order valence-corrected chi connectivity index (χ0v) is 14.8. The first kappa shape index (κ1) is 18.3. The second-order valence-corrected chi connectivity index (χ2v) is 7.75. The lowest BCUT2D eigenvalue weighted by Gasteiger charge is -2.31. The standard InChI is InChI=1S/C19H30F2N2/c1-14-8-10-23(13-14)15(2)7-9-19(3,4)22-12-16-11-17(20)5-6-18(16)21/h5-6,11,14-15,22H,7-10,12-13H2,1-4H3. The predicted molar refractivity (Wildman–Crippen MR) is 91.3 cm³/mol. The van der Waals surface area contributed by atoms with Gasteiger partial charge in [0.15, 0.2) is 0 Å². The lowest BCUT2D eigenvalue weighted by atomic mass is 9.95. The largest absolute Gasteiger partial charge is 0.308 e. The average Bonchev–Trinajstić information content (AvgIpc) is 2.92. The van der Waals surface area contributed by atoms with Gasteiger partial charge in [0, 0.05) is 30.2 Å². The normalized spacial score (nSPS) is 20.9. The van der Waals surface area contributed by atoms with Crippen molar-refractivity contribution in [2.45, 2.75) is 65.1 Å². The van der Waals surface area contributed by atoms with Crippen molar-refractivity contribution in [3.8, 4) is 0 Å². The van der Waals surface area contributed by atoms with Crippen LogP contribution in [0.4, 0.5) is 8.78 Å². The molecule has 2 nitrogen and oxygen atoms in total. The van der Waals surface area contributed by atoms with Crippen LogP contribution in [0.2, 0.25) is 0 Å². The molecule has 130 valence electrons. The van der Waals surface area contributed by atoms with Crippen molar-refractivity contribution in [2.75, 3.05) is 13.1 Å². The first-order valence-electron chi connectivity index (χ1n) is 8.70. The summed E-state index contributed by atoms with van der Waals surface area (Å²) in [6.07, 6.45) is 3.42. The molecule has 1 saturated heterocycles. The number of hydrogen-bond acceptors (Lipinski definition) is 2. The molecule has 0 radical (unpaired) electrons. The van der Waals surface area contributed by atoms with E-state index in [4.69, 9.17) is 0 Å². The fourth-order valence-corrected chi connectivity index (χ4v) is 3.22. The van der Waals surface area contributed by atoms with E-state index in [1.54, 1.807) is 0 Å². The third-order valence-electron chi connectivity index (χ3n) is 5.03. The molecule has 0 amide bonds. The van der Waals surface area contributed by atoms with Crippen LogP contribution in [-0.2, 0) is 6.54 Å². The van der Waals surface area contributed by atoms with Crippen molar-refractivity contribution in [3.05, 3.63) is 35.4 Å². The molecule has 23 heavy (non-hydrogen) atoms. The summed E-state index contributed by atoms with van der Waals surface area (Å²) in [6.45, 7) is 11.6. The summed E-state index contributed by atoms with van der Waals surface area (Å²) in [7, 11) is 0. The molecule has 4 heteroatoms. The smallest absolute Gasteiger partial charge is 0.127 e. The van der Waals surface area contributed by atoms with Gasteiger partial charge in [-0.25, -0.2) is 8.78 Å². The molecule has 2 atom stereocenters. The first-order chi connectivity index (χ1) is 10.8. The molecule has 1 heterocycles. The number of hydrogen-bond donors (Lipinski definition) is 1. The number of halogens is 2. The fourth-order valence-electron chi connectivity index (χ4n) is 3.22. The van der Waals surface area contributed by atoms with E-state index in [1.807, 2.05) is 0 Å². The highest BCUT2D eigenvalue weighted by Gasteiger charge is 2.25. The van der Waals surface area contributed by atoms with Crippen molar-refractivity contribution in [2.24, 2.45) is 5.92 Å². The molecule has 2 unspecified atom stereocenters. The molecular formula is C19H30F2N2. The maximum Gasteiger partial charge on any atom is 0.127 e. The first-order valence-corrected chi connectivity index (χ1v) is 8.70. The van der Waals surface area contributed by atoms with Gasteiger partial charge >= 0.3 is 0 Å². The number of likely N-dealkylation sites (tertiary alicyclic amines) is 1. The molecule has 2 rings (SSSR count). The van der Waals surface area contributed by atoms with Crippen molar-refractivity contribution in [1.29, 1.82) is 0 Å². The number of nitrogens with one attached hydrogen (secondary N) is 1. The minimum atomic E-state index is -0.391. The Morgan fingerprint density at radius 1 is 1.35 bits per heavy atom. The lowest BCUT2D eigenvalue weighted by Crippen LogP contribution is -2.41. The Labute approximate surface area is 139 Å². The van der Waals surface area contributed by atoms with Crippen LogP contribution in [0, 0.1) is 17.6 Å². The van der Waals surface area contributed by atoms with E-state index >= 15 is 0 Å². The van der Waals surface area contributed by atoms with E-state index < -0.39 is 5.82 Å². The van der Waals surface area contributed by atoms with Gasteiger partial charge in [-0.15, -0.1) is 0 Å². The van der Waals surface area contributed by atoms with Crippen molar-refractivity contribution in [1.82, 2.24) is 10.2 Å². The summed E-state index contributed by atoms with van der Waals surface area (Å²) in [5.74, 6) is 0.0615. The van der Waals surface area contributed by atoms with Crippen molar-refractivity contribution >= 4 is 0 Å². The maximum atomic E-state index is 13.7. The topological polar surface area (TPSA) is 15.3 Å². The summed E-state index contributed by atoms with van der Waals surface area (Å²) < 4.78 is 26.9. The molecule has 1 aliphatic rings. The number of rotatable bonds is 7. The molecule has 0 aliphatic carbocycles. The van der Waals surface area contributed by atoms with Crippen molar-refractivity contribution in [3.63, 3.8) is 0 Å². The molecule has 0 aromatic heterocycles. The van der Waals surface area contributed by atoms with Crippen LogP contribution in [0.1, 0.15) is 52.5 Å². The van der Waals surface area contributed by atoms with Crippen LogP contribution >= 0.6 is 0 Å². The highest BCUT2D eigenvalue weighted by Crippen LogP contribution is 2.22. The molecule has 1 N–H and O–H groups in total. The third-order valence-corrected chi connectivity index (χ3v) is 5.03. The van der Waals surface area contributed by atoms with Crippen molar-refractivity contribution < 1.29 is 8.78 Å². The minimum absolute atomic E-state index is 0.0989. The van der Waals surface area contributed by atoms with E-state index in [0.29, 0.717) is 18.2 Å². The summed E-state index contributed by atoms with van der Waals surface area (Å²) in [4.78, 5) is 2.56. The zero-order chi connectivity index (χ0) is 17.0. The number of benzene rings is 1. The molecule has 0 saturated carbocycles. The Balaban J connectivity index is 1.80. The number of nitrogens with zero attached hydrogens (tertiary/aromatic N) is 1. The maximum absolute atomic E-state index is 13.7. The van der Waals surface area contributed by atoms with Gasteiger partial charge in [-0.05, 0) is 70.7 Å². The SMILES string of the molecule is CC1CCN(C(C)CCC(C)(C)NCc2cc(F)ccc2F)C1. The molecule has 1 aliphatic heterocycles. The second kappa shape index (κ2) is 7.71. The van der Waals surface area contributed by atoms with Crippen LogP contribution in [-0.4, -0.2) is 29.6 Å². The monoisotopic (exact) mass is 324 g/mol. The highest BCUT2D eigenvalue weighted by atomic mass is 19.1. The molecular weight excluding hydrogens is 294 g/mol. The van der Waals surface area contributed by atoms with Gasteiger partial charge in [-0.1, -0.05) is 6.92 Å². The van der Waals surface area contributed by atoms with Crippen LogP contribution in [0.25, 0.3) is 0 Å². The zero-order valence-electron chi connectivity index (χ0n) is 14.8. The van der Waals surface area contributed by atoms with Crippen LogP contribution in [0.5, 0.6) is 0 Å². The molecule has 1 aromatic carbocycles.